The van der Waals surface area contributed by atoms with E-state index in [9.17, 15) is 4.79 Å². The largest absolute Gasteiger partial charge is 0.463 e. The van der Waals surface area contributed by atoms with E-state index >= 15 is 0 Å². The molecular weight excluding hydrogens is 254 g/mol. The van der Waals surface area contributed by atoms with Gasteiger partial charge in [-0.2, -0.15) is 0 Å². The number of nitrogens with one attached hydrogen (secondary N) is 1. The fraction of sp³-hybridized carbons (Fsp3) is 0.438. The van der Waals surface area contributed by atoms with Crippen molar-refractivity contribution in [2.45, 2.75) is 38.3 Å². The Morgan fingerprint density at radius 1 is 1.35 bits per heavy atom. The minimum atomic E-state index is -0.172. The molecule has 1 aromatic carbocycles. The van der Waals surface area contributed by atoms with E-state index in [4.69, 9.17) is 9.15 Å². The highest BCUT2D eigenvalue weighted by molar-refractivity contribution is 6.05. The molecule has 1 amide bonds. The van der Waals surface area contributed by atoms with Crippen molar-refractivity contribution in [3.05, 3.63) is 36.1 Å². The first-order valence-electron chi connectivity index (χ1n) is 6.96. The third-order valence-electron chi connectivity index (χ3n) is 3.76. The molecule has 0 aliphatic carbocycles. The van der Waals surface area contributed by atoms with Crippen LogP contribution in [0.25, 0.3) is 11.0 Å². The van der Waals surface area contributed by atoms with E-state index in [1.165, 1.54) is 6.26 Å². The number of amides is 1. The number of benzene rings is 1. The van der Waals surface area contributed by atoms with Gasteiger partial charge >= 0.3 is 0 Å². The highest BCUT2D eigenvalue weighted by Gasteiger charge is 2.30. The van der Waals surface area contributed by atoms with Crippen molar-refractivity contribution < 1.29 is 13.9 Å². The molecule has 0 spiro atoms. The molecule has 0 radical (unpaired) electrons. The van der Waals surface area contributed by atoms with Gasteiger partial charge in [-0.15, -0.1) is 0 Å². The second kappa shape index (κ2) is 4.94. The average Bonchev–Trinajstić information content (AvgIpc) is 2.81. The highest BCUT2D eigenvalue weighted by atomic mass is 16.5. The van der Waals surface area contributed by atoms with Crippen molar-refractivity contribution in [1.29, 1.82) is 0 Å². The molecule has 4 heteroatoms. The molecule has 1 aliphatic heterocycles. The molecule has 1 aromatic heterocycles. The smallest absolute Gasteiger partial charge is 0.255 e. The molecule has 3 rings (SSSR count). The van der Waals surface area contributed by atoms with Gasteiger partial charge < -0.3 is 14.5 Å². The Labute approximate surface area is 118 Å². The Morgan fingerprint density at radius 3 is 2.95 bits per heavy atom. The van der Waals surface area contributed by atoms with Crippen LogP contribution in [0.3, 0.4) is 0 Å². The predicted molar refractivity (Wildman–Crippen MR) is 76.7 cm³/mol. The summed E-state index contributed by atoms with van der Waals surface area (Å²) in [5.74, 6) is -0.0716. The van der Waals surface area contributed by atoms with Gasteiger partial charge in [0, 0.05) is 18.0 Å². The van der Waals surface area contributed by atoms with Crippen LogP contribution in [0.5, 0.6) is 0 Å². The number of furan rings is 1. The summed E-state index contributed by atoms with van der Waals surface area (Å²) in [4.78, 5) is 12.4. The van der Waals surface area contributed by atoms with E-state index in [1.807, 2.05) is 24.3 Å². The number of ether oxygens (including phenoxy) is 1. The first-order valence-corrected chi connectivity index (χ1v) is 6.96. The standard InChI is InChI=1S/C16H19NO3/c1-16(2)9-11(7-8-20-16)17-15(18)13-10-19-14-6-4-3-5-12(13)14/h3-6,10-11H,7-9H2,1-2H3,(H,17,18). The normalized spacial score (nSPS) is 21.8. The lowest BCUT2D eigenvalue weighted by atomic mass is 9.94. The Balaban J connectivity index is 1.76. The van der Waals surface area contributed by atoms with Crippen LogP contribution in [0, 0.1) is 0 Å². The molecule has 0 saturated carbocycles. The Kier molecular flexibility index (Phi) is 3.26. The molecule has 20 heavy (non-hydrogen) atoms. The molecule has 106 valence electrons. The topological polar surface area (TPSA) is 51.5 Å². The predicted octanol–water partition coefficient (Wildman–Crippen LogP) is 3.12. The average molecular weight is 273 g/mol. The fourth-order valence-corrected chi connectivity index (χ4v) is 2.77. The molecule has 2 aromatic rings. The summed E-state index contributed by atoms with van der Waals surface area (Å²) in [7, 11) is 0. The lowest BCUT2D eigenvalue weighted by molar-refractivity contribution is -0.0615. The van der Waals surface area contributed by atoms with Crippen molar-refractivity contribution in [3.8, 4) is 0 Å². The Morgan fingerprint density at radius 2 is 2.15 bits per heavy atom. The molecule has 1 fully saturated rings. The third kappa shape index (κ3) is 2.56. The van der Waals surface area contributed by atoms with Gasteiger partial charge in [0.2, 0.25) is 0 Å². The molecular formula is C16H19NO3. The van der Waals surface area contributed by atoms with Crippen LogP contribution in [-0.2, 0) is 4.74 Å². The second-order valence-electron chi connectivity index (χ2n) is 5.92. The zero-order valence-corrected chi connectivity index (χ0v) is 11.8. The lowest BCUT2D eigenvalue weighted by Gasteiger charge is -2.35. The quantitative estimate of drug-likeness (QED) is 0.914. The van der Waals surface area contributed by atoms with Gasteiger partial charge in [-0.3, -0.25) is 4.79 Å². The summed E-state index contributed by atoms with van der Waals surface area (Å²) in [6.45, 7) is 4.79. The molecule has 1 aliphatic rings. The first-order chi connectivity index (χ1) is 9.55. The van der Waals surface area contributed by atoms with Crippen LogP contribution in [0.4, 0.5) is 0 Å². The number of fused-ring (bicyclic) bond motifs is 1. The highest BCUT2D eigenvalue weighted by Crippen LogP contribution is 2.25. The summed E-state index contributed by atoms with van der Waals surface area (Å²) < 4.78 is 11.1. The molecule has 1 unspecified atom stereocenters. The van der Waals surface area contributed by atoms with Crippen LogP contribution in [-0.4, -0.2) is 24.2 Å². The monoisotopic (exact) mass is 273 g/mol. The molecule has 4 nitrogen and oxygen atoms in total. The van der Waals surface area contributed by atoms with Gasteiger partial charge in [0.15, 0.2) is 0 Å². The molecule has 2 heterocycles. The molecule has 1 atom stereocenters. The van der Waals surface area contributed by atoms with E-state index in [-0.39, 0.29) is 17.6 Å². The van der Waals surface area contributed by atoms with Gasteiger partial charge in [-0.05, 0) is 32.8 Å². The van der Waals surface area contributed by atoms with Gasteiger partial charge in [0.1, 0.15) is 11.8 Å². The summed E-state index contributed by atoms with van der Waals surface area (Å²) in [5, 5.41) is 3.95. The maximum atomic E-state index is 12.4. The summed E-state index contributed by atoms with van der Waals surface area (Å²) >= 11 is 0. The number of carbonyl (C=O) groups is 1. The fourth-order valence-electron chi connectivity index (χ4n) is 2.77. The summed E-state index contributed by atoms with van der Waals surface area (Å²) in [6, 6.07) is 7.73. The molecule has 1 N–H and O–H groups in total. The lowest BCUT2D eigenvalue weighted by Crippen LogP contribution is -2.45. The van der Waals surface area contributed by atoms with Crippen LogP contribution in [0.2, 0.25) is 0 Å². The van der Waals surface area contributed by atoms with E-state index in [0.717, 1.165) is 23.8 Å². The summed E-state index contributed by atoms with van der Waals surface area (Å²) in [5.41, 5.74) is 1.17. The van der Waals surface area contributed by atoms with Gasteiger partial charge in [-0.25, -0.2) is 0 Å². The van der Waals surface area contributed by atoms with Crippen LogP contribution < -0.4 is 5.32 Å². The minimum Gasteiger partial charge on any atom is -0.463 e. The van der Waals surface area contributed by atoms with Gasteiger partial charge in [-0.1, -0.05) is 18.2 Å². The number of hydrogen-bond donors (Lipinski definition) is 1. The number of rotatable bonds is 2. The van der Waals surface area contributed by atoms with Crippen molar-refractivity contribution in [1.82, 2.24) is 5.32 Å². The second-order valence-corrected chi connectivity index (χ2v) is 5.92. The molecule has 1 saturated heterocycles. The number of carbonyl (C=O) groups excluding carboxylic acids is 1. The number of para-hydroxylation sites is 1. The summed E-state index contributed by atoms with van der Waals surface area (Å²) in [6.07, 6.45) is 3.21. The maximum Gasteiger partial charge on any atom is 0.255 e. The Bertz CT molecular complexity index is 629. The van der Waals surface area contributed by atoms with Crippen molar-refractivity contribution in [3.63, 3.8) is 0 Å². The SMILES string of the molecule is CC1(C)CC(NC(=O)c2coc3ccccc23)CCO1. The van der Waals surface area contributed by atoms with Gasteiger partial charge in [0.05, 0.1) is 11.2 Å². The van der Waals surface area contributed by atoms with Crippen LogP contribution in [0.1, 0.15) is 37.0 Å². The van der Waals surface area contributed by atoms with Crippen molar-refractivity contribution in [2.24, 2.45) is 0 Å². The molecule has 0 bridgehead atoms. The number of hydrogen-bond acceptors (Lipinski definition) is 3. The third-order valence-corrected chi connectivity index (χ3v) is 3.76. The van der Waals surface area contributed by atoms with Crippen LogP contribution in [0.15, 0.2) is 34.9 Å². The zero-order valence-electron chi connectivity index (χ0n) is 11.8. The van der Waals surface area contributed by atoms with Crippen LogP contribution >= 0.6 is 0 Å². The van der Waals surface area contributed by atoms with Crippen molar-refractivity contribution >= 4 is 16.9 Å². The maximum absolute atomic E-state index is 12.4. The first kappa shape index (κ1) is 13.2. The van der Waals surface area contributed by atoms with Gasteiger partial charge in [0.25, 0.3) is 5.91 Å². The van der Waals surface area contributed by atoms with Crippen molar-refractivity contribution in [2.75, 3.05) is 6.61 Å². The zero-order chi connectivity index (χ0) is 14.2. The van der Waals surface area contributed by atoms with E-state index in [1.54, 1.807) is 0 Å². The van der Waals surface area contributed by atoms with E-state index in [2.05, 4.69) is 19.2 Å². The van der Waals surface area contributed by atoms with E-state index < -0.39 is 0 Å². The van der Waals surface area contributed by atoms with E-state index in [0.29, 0.717) is 12.2 Å². The minimum absolute atomic E-state index is 0.0716. The Hall–Kier alpha value is -1.81.